The summed E-state index contributed by atoms with van der Waals surface area (Å²) in [6.45, 7) is 9.17. The highest BCUT2D eigenvalue weighted by Gasteiger charge is 2.59. The number of nitrogens with two attached hydrogens (primary N) is 1. The molecule has 0 aromatic rings. The molecule has 0 bridgehead atoms. The van der Waals surface area contributed by atoms with Crippen LogP contribution in [0, 0.1) is 34.5 Å². The highest BCUT2D eigenvalue weighted by Crippen LogP contribution is 2.66. The van der Waals surface area contributed by atoms with Crippen LogP contribution in [0.1, 0.15) is 65.2 Å². The average molecular weight is 313 g/mol. The van der Waals surface area contributed by atoms with Gasteiger partial charge in [-0.25, -0.2) is 0 Å². The Hall–Kier alpha value is -1.05. The van der Waals surface area contributed by atoms with E-state index in [9.17, 15) is 4.79 Å². The predicted molar refractivity (Wildman–Crippen MR) is 93.5 cm³/mol. The summed E-state index contributed by atoms with van der Waals surface area (Å²) in [5, 5.41) is 0. The van der Waals surface area contributed by atoms with Gasteiger partial charge >= 0.3 is 0 Å². The van der Waals surface area contributed by atoms with Crippen LogP contribution in [0.4, 0.5) is 0 Å². The van der Waals surface area contributed by atoms with E-state index in [1.807, 2.05) is 0 Å². The van der Waals surface area contributed by atoms with Crippen LogP contribution in [-0.2, 0) is 4.79 Å². The lowest BCUT2D eigenvalue weighted by atomic mass is 9.46. The van der Waals surface area contributed by atoms with E-state index in [-0.39, 0.29) is 17.2 Å². The summed E-state index contributed by atoms with van der Waals surface area (Å²) < 4.78 is 0. The third-order valence-electron chi connectivity index (χ3n) is 8.33. The zero-order valence-corrected chi connectivity index (χ0v) is 14.7. The second-order valence-corrected chi connectivity index (χ2v) is 9.27. The quantitative estimate of drug-likeness (QED) is 0.706. The minimum absolute atomic E-state index is 0.0536. The number of allylic oxidation sites excluding steroid dienone is 3. The molecule has 4 rings (SSSR count). The highest BCUT2D eigenvalue weighted by atomic mass is 16.1. The van der Waals surface area contributed by atoms with Gasteiger partial charge in [-0.05, 0) is 80.0 Å². The van der Waals surface area contributed by atoms with Crippen LogP contribution in [0.3, 0.4) is 0 Å². The van der Waals surface area contributed by atoms with Gasteiger partial charge in [0.25, 0.3) is 0 Å². The monoisotopic (exact) mass is 313 g/mol. The number of fused-ring (bicyclic) bond motifs is 5. The van der Waals surface area contributed by atoms with Crippen molar-refractivity contribution >= 4 is 5.91 Å². The maximum absolute atomic E-state index is 12.0. The Bertz CT molecular complexity index is 591. The minimum Gasteiger partial charge on any atom is -0.369 e. The van der Waals surface area contributed by atoms with Crippen molar-refractivity contribution in [2.75, 3.05) is 0 Å². The van der Waals surface area contributed by atoms with Crippen LogP contribution in [0.15, 0.2) is 23.8 Å². The Labute approximate surface area is 140 Å². The predicted octanol–water partition coefficient (Wildman–Crippen LogP) is 4.61. The largest absolute Gasteiger partial charge is 0.369 e. The van der Waals surface area contributed by atoms with Crippen molar-refractivity contribution in [1.82, 2.24) is 0 Å². The van der Waals surface area contributed by atoms with Gasteiger partial charge in [0, 0.05) is 5.92 Å². The van der Waals surface area contributed by atoms with Crippen LogP contribution in [0.2, 0.25) is 0 Å². The van der Waals surface area contributed by atoms with Crippen LogP contribution in [-0.4, -0.2) is 5.91 Å². The molecule has 0 spiro atoms. The van der Waals surface area contributed by atoms with Gasteiger partial charge in [0.1, 0.15) is 0 Å². The second kappa shape index (κ2) is 4.97. The number of hydrogen-bond donors (Lipinski definition) is 1. The molecule has 126 valence electrons. The number of carbonyl (C=O) groups is 1. The van der Waals surface area contributed by atoms with Crippen molar-refractivity contribution in [2.45, 2.75) is 65.2 Å². The molecule has 2 N–H and O–H groups in total. The molecule has 0 aromatic heterocycles. The molecule has 1 amide bonds. The van der Waals surface area contributed by atoms with Crippen LogP contribution in [0.5, 0.6) is 0 Å². The van der Waals surface area contributed by atoms with Crippen molar-refractivity contribution in [3.05, 3.63) is 23.8 Å². The lowest BCUT2D eigenvalue weighted by Crippen LogP contribution is -2.51. The van der Waals surface area contributed by atoms with Gasteiger partial charge in [0.05, 0.1) is 0 Å². The van der Waals surface area contributed by atoms with Crippen LogP contribution >= 0.6 is 0 Å². The van der Waals surface area contributed by atoms with Gasteiger partial charge in [0.15, 0.2) is 0 Å². The smallest absolute Gasteiger partial charge is 0.221 e. The molecule has 2 heteroatoms. The van der Waals surface area contributed by atoms with Crippen molar-refractivity contribution in [3.63, 3.8) is 0 Å². The van der Waals surface area contributed by atoms with E-state index in [2.05, 4.69) is 26.5 Å². The zero-order chi connectivity index (χ0) is 16.4. The summed E-state index contributed by atoms with van der Waals surface area (Å²) in [4.78, 5) is 12.0. The first-order chi connectivity index (χ1) is 10.9. The molecule has 3 saturated carbocycles. The molecule has 0 aromatic carbocycles. The van der Waals surface area contributed by atoms with Gasteiger partial charge in [-0.15, -0.1) is 0 Å². The molecule has 6 atom stereocenters. The molecular weight excluding hydrogens is 282 g/mol. The van der Waals surface area contributed by atoms with Crippen molar-refractivity contribution in [3.8, 4) is 0 Å². The molecule has 4 aliphatic carbocycles. The highest BCUT2D eigenvalue weighted by molar-refractivity contribution is 5.78. The van der Waals surface area contributed by atoms with Crippen molar-refractivity contribution in [2.24, 2.45) is 40.2 Å². The van der Waals surface area contributed by atoms with E-state index < -0.39 is 0 Å². The molecular formula is C21H31NO. The molecule has 0 unspecified atom stereocenters. The Kier molecular flexibility index (Phi) is 3.35. The number of primary amides is 1. The van der Waals surface area contributed by atoms with E-state index in [0.717, 1.165) is 24.7 Å². The Morgan fingerprint density at radius 3 is 2.74 bits per heavy atom. The van der Waals surface area contributed by atoms with E-state index in [1.165, 1.54) is 44.1 Å². The Morgan fingerprint density at radius 1 is 1.22 bits per heavy atom. The van der Waals surface area contributed by atoms with E-state index in [1.54, 1.807) is 5.57 Å². The van der Waals surface area contributed by atoms with E-state index in [4.69, 9.17) is 5.73 Å². The van der Waals surface area contributed by atoms with Crippen LogP contribution in [0.25, 0.3) is 0 Å². The van der Waals surface area contributed by atoms with E-state index in [0.29, 0.717) is 11.3 Å². The third kappa shape index (κ3) is 2.03. The minimum atomic E-state index is -0.0536. The molecule has 23 heavy (non-hydrogen) atoms. The topological polar surface area (TPSA) is 43.1 Å². The lowest BCUT2D eigenvalue weighted by Gasteiger charge is -2.58. The summed E-state index contributed by atoms with van der Waals surface area (Å²) in [7, 11) is 0. The van der Waals surface area contributed by atoms with Crippen molar-refractivity contribution < 1.29 is 4.79 Å². The number of amides is 1. The molecule has 2 nitrogen and oxygen atoms in total. The van der Waals surface area contributed by atoms with Crippen LogP contribution < -0.4 is 5.73 Å². The van der Waals surface area contributed by atoms with Gasteiger partial charge in [-0.2, -0.15) is 0 Å². The molecule has 3 fully saturated rings. The maximum Gasteiger partial charge on any atom is 0.221 e. The van der Waals surface area contributed by atoms with Gasteiger partial charge < -0.3 is 5.73 Å². The Morgan fingerprint density at radius 2 is 2.00 bits per heavy atom. The summed E-state index contributed by atoms with van der Waals surface area (Å²) in [5.41, 5.74) is 9.37. The molecule has 0 saturated heterocycles. The first-order valence-corrected chi connectivity index (χ1v) is 9.52. The van der Waals surface area contributed by atoms with E-state index >= 15 is 0 Å². The summed E-state index contributed by atoms with van der Waals surface area (Å²) in [6, 6.07) is 0. The Balaban J connectivity index is 1.68. The van der Waals surface area contributed by atoms with Crippen molar-refractivity contribution in [1.29, 1.82) is 0 Å². The zero-order valence-electron chi connectivity index (χ0n) is 14.7. The number of rotatable bonds is 1. The fraction of sp³-hybridized carbons (Fsp3) is 0.762. The summed E-state index contributed by atoms with van der Waals surface area (Å²) >= 11 is 0. The normalized spacial score (nSPS) is 49.0. The molecule has 4 aliphatic rings. The first kappa shape index (κ1) is 15.5. The molecule has 0 aliphatic heterocycles. The lowest BCUT2D eigenvalue weighted by molar-refractivity contribution is -0.128. The van der Waals surface area contributed by atoms with Gasteiger partial charge in [0.2, 0.25) is 5.91 Å². The number of hydrogen-bond acceptors (Lipinski definition) is 1. The fourth-order valence-electron chi connectivity index (χ4n) is 7.23. The summed E-state index contributed by atoms with van der Waals surface area (Å²) in [6.07, 6.45) is 12.0. The fourth-order valence-corrected chi connectivity index (χ4v) is 7.23. The standard InChI is InChI=1S/C21H31NO/c1-13-4-5-14-6-7-15-16-8-9-18(19(22)23)20(16,2)11-10-17(15)21(14,3)12-13/h5,15-18H,1,4,6-12H2,2-3H3,(H2,22,23)/t15-,16-,17-,18+,20-,21-/m0/s1. The number of carbonyl (C=O) groups excluding carboxylic acids is 1. The van der Waals surface area contributed by atoms with Gasteiger partial charge in [-0.3, -0.25) is 4.79 Å². The summed E-state index contributed by atoms with van der Waals surface area (Å²) in [5.74, 6) is 2.32. The average Bonchev–Trinajstić information content (AvgIpc) is 2.83. The first-order valence-electron chi connectivity index (χ1n) is 9.52. The SMILES string of the molecule is C=C1CC=C2CC[C@H]3[C@@H]4CC[C@H](C(N)=O)[C@@]4(C)CC[C@@H]3[C@@]2(C)C1. The molecule has 0 radical (unpaired) electrons. The molecule has 0 heterocycles. The maximum atomic E-state index is 12.0. The van der Waals surface area contributed by atoms with Gasteiger partial charge in [-0.1, -0.05) is 37.6 Å². The second-order valence-electron chi connectivity index (χ2n) is 9.27. The third-order valence-corrected chi connectivity index (χ3v) is 8.33.